The molecule has 0 saturated heterocycles. The lowest BCUT2D eigenvalue weighted by atomic mass is 10.2. The van der Waals surface area contributed by atoms with E-state index in [1.165, 1.54) is 0 Å². The maximum absolute atomic E-state index is 12.2. The average molecular weight is 354 g/mol. The normalized spacial score (nSPS) is 12.4. The fourth-order valence-corrected chi connectivity index (χ4v) is 2.29. The Bertz CT molecular complexity index is 626. The largest absolute Gasteiger partial charge is 0.350 e. The number of hydrogen-bond acceptors (Lipinski definition) is 3. The lowest BCUT2D eigenvalue weighted by molar-refractivity contribution is -0.124. The summed E-state index contributed by atoms with van der Waals surface area (Å²) in [5, 5.41) is 11.6. The van der Waals surface area contributed by atoms with Gasteiger partial charge in [0, 0.05) is 31.0 Å². The van der Waals surface area contributed by atoms with E-state index in [0.29, 0.717) is 6.54 Å². The van der Waals surface area contributed by atoms with Crippen molar-refractivity contribution in [2.24, 2.45) is 0 Å². The zero-order chi connectivity index (χ0) is 15.6. The first-order chi connectivity index (χ1) is 9.92. The Hall–Kier alpha value is -1.63. The first-order valence-electron chi connectivity index (χ1n) is 6.94. The number of carbonyl (C=O) groups excluding carboxylic acids is 1. The molecule has 1 N–H and O–H groups in total. The minimum atomic E-state index is -0.350. The van der Waals surface area contributed by atoms with Gasteiger partial charge in [-0.3, -0.25) is 14.2 Å². The number of nitrogens with zero attached hydrogens (tertiary/aromatic N) is 4. The van der Waals surface area contributed by atoms with Crippen LogP contribution in [0.25, 0.3) is 0 Å². The van der Waals surface area contributed by atoms with Crippen molar-refractivity contribution in [3.63, 3.8) is 0 Å². The third-order valence-electron chi connectivity index (χ3n) is 3.46. The molecule has 2 aromatic heterocycles. The molecule has 6 nitrogen and oxygen atoms in total. The molecule has 0 spiro atoms. The smallest absolute Gasteiger partial charge is 0.244 e. The highest BCUT2D eigenvalue weighted by molar-refractivity contribution is 9.10. The lowest BCUT2D eigenvalue weighted by Crippen LogP contribution is -2.31. The van der Waals surface area contributed by atoms with E-state index in [4.69, 9.17) is 0 Å². The quantitative estimate of drug-likeness (QED) is 0.897. The van der Waals surface area contributed by atoms with Crippen LogP contribution in [0, 0.1) is 13.8 Å². The van der Waals surface area contributed by atoms with Crippen molar-refractivity contribution in [3.05, 3.63) is 33.8 Å². The molecule has 0 bridgehead atoms. The fourth-order valence-electron chi connectivity index (χ4n) is 2.00. The molecule has 0 saturated carbocycles. The van der Waals surface area contributed by atoms with Gasteiger partial charge < -0.3 is 5.32 Å². The highest BCUT2D eigenvalue weighted by atomic mass is 79.9. The standard InChI is InChI=1S/C14H20BrN5O/c1-5-19-7-12(9(2)17-19)6-16-14(21)11(4)20-8-13(15)10(3)18-20/h7-8,11H,5-6H2,1-4H3,(H,16,21)/t11-/m1/s1. The number of aromatic nitrogens is 4. The zero-order valence-electron chi connectivity index (χ0n) is 12.7. The van der Waals surface area contributed by atoms with Crippen molar-refractivity contribution in [2.45, 2.75) is 46.8 Å². The molecule has 21 heavy (non-hydrogen) atoms. The summed E-state index contributed by atoms with van der Waals surface area (Å²) < 4.78 is 4.44. The van der Waals surface area contributed by atoms with E-state index in [0.717, 1.165) is 28.0 Å². The molecule has 2 aromatic rings. The van der Waals surface area contributed by atoms with Crippen molar-refractivity contribution in [1.82, 2.24) is 24.9 Å². The first-order valence-corrected chi connectivity index (χ1v) is 7.73. The Labute approximate surface area is 132 Å². The molecule has 0 radical (unpaired) electrons. The summed E-state index contributed by atoms with van der Waals surface area (Å²) in [4.78, 5) is 12.2. The zero-order valence-corrected chi connectivity index (χ0v) is 14.3. The van der Waals surface area contributed by atoms with Crippen LogP contribution >= 0.6 is 15.9 Å². The maximum Gasteiger partial charge on any atom is 0.244 e. The van der Waals surface area contributed by atoms with Crippen LogP contribution in [-0.4, -0.2) is 25.5 Å². The van der Waals surface area contributed by atoms with Gasteiger partial charge in [0.1, 0.15) is 6.04 Å². The number of hydrogen-bond donors (Lipinski definition) is 1. The summed E-state index contributed by atoms with van der Waals surface area (Å²) in [6.07, 6.45) is 3.79. The van der Waals surface area contributed by atoms with Gasteiger partial charge in [-0.15, -0.1) is 0 Å². The molecule has 114 valence electrons. The Kier molecular flexibility index (Phi) is 4.82. The average Bonchev–Trinajstić information content (AvgIpc) is 2.98. The molecule has 0 unspecified atom stereocenters. The number of amides is 1. The van der Waals surface area contributed by atoms with Crippen LogP contribution in [0.3, 0.4) is 0 Å². The maximum atomic E-state index is 12.2. The van der Waals surface area contributed by atoms with Gasteiger partial charge >= 0.3 is 0 Å². The van der Waals surface area contributed by atoms with E-state index in [1.807, 2.05) is 44.8 Å². The summed E-state index contributed by atoms with van der Waals surface area (Å²) in [5.41, 5.74) is 2.85. The molecule has 0 aliphatic carbocycles. The molecule has 1 amide bonds. The van der Waals surface area contributed by atoms with E-state index in [1.54, 1.807) is 4.68 Å². The summed E-state index contributed by atoms with van der Waals surface area (Å²) >= 11 is 3.40. The molecule has 1 atom stereocenters. The molecule has 2 rings (SSSR count). The van der Waals surface area contributed by atoms with E-state index >= 15 is 0 Å². The Morgan fingerprint density at radius 3 is 2.57 bits per heavy atom. The number of aryl methyl sites for hydroxylation is 3. The summed E-state index contributed by atoms with van der Waals surface area (Å²) in [6.45, 7) is 9.02. The van der Waals surface area contributed by atoms with Crippen LogP contribution in [0.5, 0.6) is 0 Å². The Morgan fingerprint density at radius 2 is 2.05 bits per heavy atom. The monoisotopic (exact) mass is 353 g/mol. The second-order valence-corrected chi connectivity index (χ2v) is 5.89. The summed E-state index contributed by atoms with van der Waals surface area (Å²) in [6, 6.07) is -0.350. The Morgan fingerprint density at radius 1 is 1.33 bits per heavy atom. The summed E-state index contributed by atoms with van der Waals surface area (Å²) in [5.74, 6) is -0.0614. The van der Waals surface area contributed by atoms with Crippen LogP contribution in [-0.2, 0) is 17.9 Å². The van der Waals surface area contributed by atoms with Crippen molar-refractivity contribution < 1.29 is 4.79 Å². The van der Waals surface area contributed by atoms with Crippen molar-refractivity contribution in [2.75, 3.05) is 0 Å². The van der Waals surface area contributed by atoms with Gasteiger partial charge in [0.15, 0.2) is 0 Å². The van der Waals surface area contributed by atoms with Crippen molar-refractivity contribution in [1.29, 1.82) is 0 Å². The molecule has 0 aromatic carbocycles. The molecule has 0 fully saturated rings. The predicted octanol–water partition coefficient (Wildman–Crippen LogP) is 2.36. The van der Waals surface area contributed by atoms with E-state index in [-0.39, 0.29) is 11.9 Å². The highest BCUT2D eigenvalue weighted by Crippen LogP contribution is 2.16. The summed E-state index contributed by atoms with van der Waals surface area (Å²) in [7, 11) is 0. The topological polar surface area (TPSA) is 64.7 Å². The fraction of sp³-hybridized carbons (Fsp3) is 0.500. The number of nitrogens with one attached hydrogen (secondary N) is 1. The molecule has 0 aliphatic heterocycles. The van der Waals surface area contributed by atoms with E-state index < -0.39 is 0 Å². The van der Waals surface area contributed by atoms with E-state index in [9.17, 15) is 4.79 Å². The predicted molar refractivity (Wildman–Crippen MR) is 83.9 cm³/mol. The molecule has 2 heterocycles. The van der Waals surface area contributed by atoms with Gasteiger partial charge in [0.25, 0.3) is 0 Å². The van der Waals surface area contributed by atoms with Gasteiger partial charge in [0.2, 0.25) is 5.91 Å². The SMILES string of the molecule is CCn1cc(CNC(=O)[C@@H](C)n2cc(Br)c(C)n2)c(C)n1. The van der Waals surface area contributed by atoms with Gasteiger partial charge in [-0.1, -0.05) is 0 Å². The molecule has 0 aliphatic rings. The minimum Gasteiger partial charge on any atom is -0.350 e. The van der Waals surface area contributed by atoms with E-state index in [2.05, 4.69) is 31.4 Å². The van der Waals surface area contributed by atoms with Gasteiger partial charge in [0.05, 0.1) is 15.9 Å². The van der Waals surface area contributed by atoms with Crippen LogP contribution < -0.4 is 5.32 Å². The third-order valence-corrected chi connectivity index (χ3v) is 4.24. The minimum absolute atomic E-state index is 0.0614. The molecular weight excluding hydrogens is 334 g/mol. The second-order valence-electron chi connectivity index (χ2n) is 5.03. The van der Waals surface area contributed by atoms with Crippen molar-refractivity contribution >= 4 is 21.8 Å². The first kappa shape index (κ1) is 15.8. The third kappa shape index (κ3) is 3.53. The molecule has 7 heteroatoms. The van der Waals surface area contributed by atoms with Crippen LogP contribution in [0.4, 0.5) is 0 Å². The van der Waals surface area contributed by atoms with Crippen LogP contribution in [0.15, 0.2) is 16.9 Å². The van der Waals surface area contributed by atoms with Gasteiger partial charge in [-0.05, 0) is 43.6 Å². The second kappa shape index (κ2) is 6.43. The number of rotatable bonds is 5. The van der Waals surface area contributed by atoms with Gasteiger partial charge in [-0.25, -0.2) is 0 Å². The highest BCUT2D eigenvalue weighted by Gasteiger charge is 2.17. The lowest BCUT2D eigenvalue weighted by Gasteiger charge is -2.12. The van der Waals surface area contributed by atoms with Crippen LogP contribution in [0.2, 0.25) is 0 Å². The number of halogens is 1. The van der Waals surface area contributed by atoms with Crippen LogP contribution in [0.1, 0.15) is 36.8 Å². The Balaban J connectivity index is 1.99. The van der Waals surface area contributed by atoms with Crippen molar-refractivity contribution in [3.8, 4) is 0 Å². The van der Waals surface area contributed by atoms with Gasteiger partial charge in [-0.2, -0.15) is 10.2 Å². The molecular formula is C14H20BrN5O. The number of carbonyl (C=O) groups is 1.